The molecule has 0 amide bonds. The smallest absolute Gasteiger partial charge is 0.241 e. The quantitative estimate of drug-likeness (QED) is 0.830. The summed E-state index contributed by atoms with van der Waals surface area (Å²) in [5, 5.41) is 7.57. The second-order valence-corrected chi connectivity index (χ2v) is 6.66. The summed E-state index contributed by atoms with van der Waals surface area (Å²) in [7, 11) is -1.87. The van der Waals surface area contributed by atoms with Gasteiger partial charge in [-0.1, -0.05) is 6.07 Å². The van der Waals surface area contributed by atoms with Crippen LogP contribution < -0.4 is 10.5 Å². The van der Waals surface area contributed by atoms with Crippen molar-refractivity contribution in [3.8, 4) is 0 Å². The van der Waals surface area contributed by atoms with Crippen molar-refractivity contribution in [1.29, 1.82) is 0 Å². The van der Waals surface area contributed by atoms with Gasteiger partial charge in [0, 0.05) is 13.6 Å². The van der Waals surface area contributed by atoms with Crippen LogP contribution in [0.1, 0.15) is 22.5 Å². The normalized spacial score (nSPS) is 11.8. The summed E-state index contributed by atoms with van der Waals surface area (Å²) in [6.07, 6.45) is 1.52. The molecule has 0 saturated carbocycles. The van der Waals surface area contributed by atoms with Crippen LogP contribution in [0.15, 0.2) is 23.4 Å². The molecule has 0 saturated heterocycles. The van der Waals surface area contributed by atoms with Crippen molar-refractivity contribution in [2.24, 2.45) is 12.8 Å². The third kappa shape index (κ3) is 3.29. The minimum Gasteiger partial charge on any atom is -0.326 e. The van der Waals surface area contributed by atoms with E-state index in [0.29, 0.717) is 12.4 Å². The number of hydrogen-bond acceptors (Lipinski definition) is 5. The molecule has 0 radical (unpaired) electrons. The number of benzene rings is 1. The topological polar surface area (TPSA) is 103 Å². The summed E-state index contributed by atoms with van der Waals surface area (Å²) in [6.45, 7) is 4.04. The highest BCUT2D eigenvalue weighted by Crippen LogP contribution is 2.21. The fourth-order valence-electron chi connectivity index (χ4n) is 2.00. The van der Waals surface area contributed by atoms with Gasteiger partial charge in [-0.05, 0) is 36.6 Å². The predicted molar refractivity (Wildman–Crippen MR) is 78.8 cm³/mol. The Labute approximate surface area is 124 Å². The molecule has 1 aromatic heterocycles. The first kappa shape index (κ1) is 15.6. The van der Waals surface area contributed by atoms with E-state index in [1.54, 1.807) is 24.6 Å². The van der Waals surface area contributed by atoms with Gasteiger partial charge in [-0.2, -0.15) is 0 Å². The molecule has 1 heterocycles. The molecule has 0 aliphatic carbocycles. The van der Waals surface area contributed by atoms with Gasteiger partial charge in [0.15, 0.2) is 0 Å². The molecule has 0 fully saturated rings. The second kappa shape index (κ2) is 5.92. The van der Waals surface area contributed by atoms with Crippen LogP contribution in [0.25, 0.3) is 0 Å². The van der Waals surface area contributed by atoms with Crippen LogP contribution in [0.2, 0.25) is 0 Å². The van der Waals surface area contributed by atoms with E-state index in [-0.39, 0.29) is 11.4 Å². The average Bonchev–Trinajstić information content (AvgIpc) is 2.84. The van der Waals surface area contributed by atoms with E-state index in [1.165, 1.54) is 6.33 Å². The SMILES string of the molecule is Cc1cc(CN)cc(S(=O)(=O)NCc2nncn2C)c1C. The summed E-state index contributed by atoms with van der Waals surface area (Å²) in [6, 6.07) is 3.51. The van der Waals surface area contributed by atoms with E-state index in [2.05, 4.69) is 14.9 Å². The van der Waals surface area contributed by atoms with E-state index in [1.807, 2.05) is 13.0 Å². The van der Waals surface area contributed by atoms with Gasteiger partial charge in [-0.15, -0.1) is 10.2 Å². The number of hydrogen-bond donors (Lipinski definition) is 2. The van der Waals surface area contributed by atoms with E-state index in [9.17, 15) is 8.42 Å². The second-order valence-electron chi connectivity index (χ2n) is 4.92. The van der Waals surface area contributed by atoms with Crippen LogP contribution in [0.3, 0.4) is 0 Å². The van der Waals surface area contributed by atoms with Crippen LogP contribution in [0, 0.1) is 13.8 Å². The zero-order valence-corrected chi connectivity index (χ0v) is 13.1. The standard InChI is InChI=1S/C13H19N5O2S/c1-9-4-11(6-14)5-12(10(9)2)21(19,20)16-7-13-17-15-8-18(13)3/h4-5,8,16H,6-7,14H2,1-3H3. The largest absolute Gasteiger partial charge is 0.326 e. The Hall–Kier alpha value is -1.77. The first-order chi connectivity index (χ1) is 9.85. The van der Waals surface area contributed by atoms with Gasteiger partial charge in [0.1, 0.15) is 12.2 Å². The van der Waals surface area contributed by atoms with Crippen molar-refractivity contribution in [2.75, 3.05) is 0 Å². The van der Waals surface area contributed by atoms with Crippen LogP contribution in [-0.2, 0) is 30.2 Å². The first-order valence-corrected chi connectivity index (χ1v) is 7.96. The van der Waals surface area contributed by atoms with Crippen molar-refractivity contribution in [3.05, 3.63) is 41.0 Å². The fraction of sp³-hybridized carbons (Fsp3) is 0.385. The maximum atomic E-state index is 12.5. The molecular formula is C13H19N5O2S. The Kier molecular flexibility index (Phi) is 4.40. The lowest BCUT2D eigenvalue weighted by Gasteiger charge is -2.13. The van der Waals surface area contributed by atoms with Crippen molar-refractivity contribution in [1.82, 2.24) is 19.5 Å². The number of aryl methyl sites for hydroxylation is 2. The molecule has 2 aromatic rings. The third-order valence-corrected chi connectivity index (χ3v) is 4.96. The monoisotopic (exact) mass is 309 g/mol. The summed E-state index contributed by atoms with van der Waals surface area (Å²) in [4.78, 5) is 0.255. The van der Waals surface area contributed by atoms with E-state index in [0.717, 1.165) is 16.7 Å². The van der Waals surface area contributed by atoms with E-state index >= 15 is 0 Å². The number of nitrogens with one attached hydrogen (secondary N) is 1. The molecule has 8 heteroatoms. The Morgan fingerprint density at radius 3 is 2.62 bits per heavy atom. The highest BCUT2D eigenvalue weighted by molar-refractivity contribution is 7.89. The molecule has 0 spiro atoms. The Morgan fingerprint density at radius 1 is 1.33 bits per heavy atom. The van der Waals surface area contributed by atoms with Gasteiger partial charge in [-0.3, -0.25) is 0 Å². The molecule has 0 aliphatic heterocycles. The first-order valence-electron chi connectivity index (χ1n) is 6.48. The van der Waals surface area contributed by atoms with Crippen LogP contribution >= 0.6 is 0 Å². The summed E-state index contributed by atoms with van der Waals surface area (Å²) < 4.78 is 29.2. The van der Waals surface area contributed by atoms with Gasteiger partial charge in [0.05, 0.1) is 11.4 Å². The average molecular weight is 309 g/mol. The van der Waals surface area contributed by atoms with Crippen LogP contribution in [-0.4, -0.2) is 23.2 Å². The lowest BCUT2D eigenvalue weighted by molar-refractivity contribution is 0.576. The van der Waals surface area contributed by atoms with Crippen molar-refractivity contribution in [3.63, 3.8) is 0 Å². The lowest BCUT2D eigenvalue weighted by Crippen LogP contribution is -2.26. The Bertz CT molecular complexity index is 752. The number of sulfonamides is 1. The minimum absolute atomic E-state index is 0.0875. The summed E-state index contributed by atoms with van der Waals surface area (Å²) >= 11 is 0. The summed E-state index contributed by atoms with van der Waals surface area (Å²) in [5.74, 6) is 0.544. The molecule has 1 aromatic carbocycles. The van der Waals surface area contributed by atoms with Gasteiger partial charge >= 0.3 is 0 Å². The van der Waals surface area contributed by atoms with Crippen molar-refractivity contribution < 1.29 is 8.42 Å². The van der Waals surface area contributed by atoms with E-state index < -0.39 is 10.0 Å². The van der Waals surface area contributed by atoms with Gasteiger partial charge in [0.25, 0.3) is 0 Å². The molecule has 0 aliphatic rings. The van der Waals surface area contributed by atoms with Crippen molar-refractivity contribution in [2.45, 2.75) is 31.8 Å². The number of nitrogens with zero attached hydrogens (tertiary/aromatic N) is 3. The highest BCUT2D eigenvalue weighted by Gasteiger charge is 2.19. The molecule has 7 nitrogen and oxygen atoms in total. The molecule has 3 N–H and O–H groups in total. The van der Waals surface area contributed by atoms with Crippen LogP contribution in [0.5, 0.6) is 0 Å². The van der Waals surface area contributed by atoms with Gasteiger partial charge < -0.3 is 10.3 Å². The molecular weight excluding hydrogens is 290 g/mol. The maximum Gasteiger partial charge on any atom is 0.241 e. The lowest BCUT2D eigenvalue weighted by atomic mass is 10.1. The number of rotatable bonds is 5. The Morgan fingerprint density at radius 2 is 2.05 bits per heavy atom. The third-order valence-electron chi connectivity index (χ3n) is 3.43. The van der Waals surface area contributed by atoms with Gasteiger partial charge in [-0.25, -0.2) is 13.1 Å². The zero-order chi connectivity index (χ0) is 15.6. The molecule has 0 bridgehead atoms. The molecule has 0 atom stereocenters. The molecule has 2 rings (SSSR count). The fourth-order valence-corrected chi connectivity index (χ4v) is 3.35. The number of nitrogens with two attached hydrogens (primary N) is 1. The Balaban J connectivity index is 2.31. The zero-order valence-electron chi connectivity index (χ0n) is 12.3. The molecule has 21 heavy (non-hydrogen) atoms. The van der Waals surface area contributed by atoms with Crippen molar-refractivity contribution >= 4 is 10.0 Å². The van der Waals surface area contributed by atoms with Crippen LogP contribution in [0.4, 0.5) is 0 Å². The minimum atomic E-state index is -3.63. The molecule has 0 unspecified atom stereocenters. The number of aromatic nitrogens is 3. The maximum absolute atomic E-state index is 12.5. The molecule has 114 valence electrons. The van der Waals surface area contributed by atoms with E-state index in [4.69, 9.17) is 5.73 Å². The predicted octanol–water partition coefficient (Wildman–Crippen LogP) is 0.369. The highest BCUT2D eigenvalue weighted by atomic mass is 32.2. The van der Waals surface area contributed by atoms with Gasteiger partial charge in [0.2, 0.25) is 10.0 Å². The summed E-state index contributed by atoms with van der Waals surface area (Å²) in [5.41, 5.74) is 8.02.